The molecule has 2 aromatic rings. The van der Waals surface area contributed by atoms with Crippen LogP contribution in [0.1, 0.15) is 24.2 Å². The van der Waals surface area contributed by atoms with Crippen LogP contribution in [0.2, 0.25) is 10.0 Å². The summed E-state index contributed by atoms with van der Waals surface area (Å²) >= 11 is 19.1. The zero-order valence-corrected chi connectivity index (χ0v) is 16.9. The number of halogens is 2. The van der Waals surface area contributed by atoms with E-state index in [1.165, 1.54) is 11.8 Å². The molecule has 0 amide bonds. The molecule has 0 fully saturated rings. The number of imidazole rings is 1. The van der Waals surface area contributed by atoms with Gasteiger partial charge in [-0.25, -0.2) is 4.98 Å². The second-order valence-corrected chi connectivity index (χ2v) is 7.52. The predicted octanol–water partition coefficient (Wildman–Crippen LogP) is 5.03. The Kier molecular flexibility index (Phi) is 10.3. The van der Waals surface area contributed by atoms with E-state index in [2.05, 4.69) is 4.98 Å². The summed E-state index contributed by atoms with van der Waals surface area (Å²) in [7, 11) is 0. The average molecular weight is 438 g/mol. The molecule has 1 unspecified atom stereocenters. The molecule has 11 heteroatoms. The van der Waals surface area contributed by atoms with Crippen molar-refractivity contribution in [3.63, 3.8) is 0 Å². The number of ether oxygens (including phenoxy) is 1. The normalized spacial score (nSPS) is 11.2. The lowest BCUT2D eigenvalue weighted by atomic mass is 10.1. The number of benzene rings is 1. The number of hydrogen-bond acceptors (Lipinski definition) is 6. The van der Waals surface area contributed by atoms with Crippen LogP contribution < -0.4 is 0 Å². The number of thioether (sulfide) groups is 1. The molecule has 0 radical (unpaired) electrons. The van der Waals surface area contributed by atoms with E-state index in [9.17, 15) is 0 Å². The van der Waals surface area contributed by atoms with Crippen molar-refractivity contribution < 1.29 is 15.0 Å². The van der Waals surface area contributed by atoms with Crippen molar-refractivity contribution in [2.45, 2.75) is 25.1 Å². The monoisotopic (exact) mass is 437 g/mol. The molecule has 2 rings (SSSR count). The van der Waals surface area contributed by atoms with Crippen LogP contribution in [-0.2, 0) is 11.3 Å². The maximum absolute atomic E-state index is 8.36. The quantitative estimate of drug-likeness (QED) is 0.384. The topological polar surface area (TPSA) is 90.4 Å². The van der Waals surface area contributed by atoms with E-state index in [0.717, 1.165) is 12.0 Å². The van der Waals surface area contributed by atoms with Crippen LogP contribution in [0.3, 0.4) is 0 Å². The Labute approximate surface area is 170 Å². The molecule has 7 nitrogen and oxygen atoms in total. The lowest BCUT2D eigenvalue weighted by molar-refractivity contribution is -0.742. The van der Waals surface area contributed by atoms with Crippen LogP contribution in [0.4, 0.5) is 0 Å². The van der Waals surface area contributed by atoms with Crippen LogP contribution in [0.15, 0.2) is 36.9 Å². The Morgan fingerprint density at radius 1 is 1.54 bits per heavy atom. The van der Waals surface area contributed by atoms with Gasteiger partial charge in [-0.3, -0.25) is 0 Å². The molecule has 1 aromatic carbocycles. The Morgan fingerprint density at radius 2 is 2.23 bits per heavy atom. The minimum absolute atomic E-state index is 0.0309. The summed E-state index contributed by atoms with van der Waals surface area (Å²) in [4.78, 5) is 12.4. The van der Waals surface area contributed by atoms with Gasteiger partial charge in [0.1, 0.15) is 0 Å². The van der Waals surface area contributed by atoms with Crippen molar-refractivity contribution in [1.29, 1.82) is 0 Å². The van der Waals surface area contributed by atoms with Gasteiger partial charge < -0.3 is 14.5 Å². The molecule has 0 spiro atoms. The largest absolute Gasteiger partial charge is 0.479 e. The highest BCUT2D eigenvalue weighted by molar-refractivity contribution is 8.22. The van der Waals surface area contributed by atoms with Crippen molar-refractivity contribution in [2.24, 2.45) is 0 Å². The summed E-state index contributed by atoms with van der Waals surface area (Å²) in [5.74, 6) is 0. The predicted molar refractivity (Wildman–Crippen MR) is 107 cm³/mol. The third-order valence-electron chi connectivity index (χ3n) is 2.91. The average Bonchev–Trinajstić information content (AvgIpc) is 3.05. The molecule has 1 N–H and O–H groups in total. The fourth-order valence-electron chi connectivity index (χ4n) is 1.88. The summed E-state index contributed by atoms with van der Waals surface area (Å²) in [6.45, 7) is 3.37. The second kappa shape index (κ2) is 11.9. The summed E-state index contributed by atoms with van der Waals surface area (Å²) in [5, 5.41) is 14.9. The first-order chi connectivity index (χ1) is 12.3. The molecule has 0 saturated carbocycles. The van der Waals surface area contributed by atoms with Crippen molar-refractivity contribution in [3.8, 4) is 0 Å². The molecule has 142 valence electrons. The fraction of sp³-hybridized carbons (Fsp3) is 0.333. The molecular formula is C15H17Cl2N3O4S2. The van der Waals surface area contributed by atoms with E-state index >= 15 is 0 Å². The standard InChI is InChI=1S/C15H16Cl2N2OS2.HNO3/c1-2-7-20-15(21)22-14(9-19-6-5-18-10-19)12-4-3-11(16)8-13(12)17;2-1(3)4/h3-6,8,10,14H,2,7,9H2,1H3;(H,2,3,4). The minimum Gasteiger partial charge on any atom is -0.479 e. The molecule has 1 aromatic heterocycles. The van der Waals surface area contributed by atoms with Gasteiger partial charge in [0.2, 0.25) is 4.38 Å². The first-order valence-electron chi connectivity index (χ1n) is 7.40. The number of rotatable bonds is 6. The van der Waals surface area contributed by atoms with E-state index in [1.807, 2.05) is 29.8 Å². The first-order valence-corrected chi connectivity index (χ1v) is 9.45. The highest BCUT2D eigenvalue weighted by Gasteiger charge is 2.19. The van der Waals surface area contributed by atoms with Gasteiger partial charge in [0.25, 0.3) is 5.09 Å². The van der Waals surface area contributed by atoms with Crippen molar-refractivity contribution in [2.75, 3.05) is 6.61 Å². The number of thiocarbonyl (C=S) groups is 1. The summed E-state index contributed by atoms with van der Waals surface area (Å²) in [6, 6.07) is 5.51. The molecule has 1 heterocycles. The van der Waals surface area contributed by atoms with Crippen LogP contribution >= 0.6 is 47.2 Å². The SMILES string of the molecule is CCCOC(=S)SC(Cn1ccnc1)c1ccc(Cl)cc1Cl.O=[N+]([O-])O. The minimum atomic E-state index is -1.50. The van der Waals surface area contributed by atoms with Gasteiger partial charge in [0.05, 0.1) is 18.2 Å². The van der Waals surface area contributed by atoms with Crippen LogP contribution in [0.25, 0.3) is 0 Å². The van der Waals surface area contributed by atoms with Crippen molar-refractivity contribution in [3.05, 3.63) is 62.6 Å². The van der Waals surface area contributed by atoms with E-state index in [-0.39, 0.29) is 5.25 Å². The van der Waals surface area contributed by atoms with E-state index in [0.29, 0.717) is 27.6 Å². The molecule has 26 heavy (non-hydrogen) atoms. The first kappa shape index (κ1) is 22.5. The van der Waals surface area contributed by atoms with Gasteiger partial charge in [-0.2, -0.15) is 0 Å². The maximum atomic E-state index is 8.36. The Hall–Kier alpha value is -1.55. The molecular weight excluding hydrogens is 421 g/mol. The van der Waals surface area contributed by atoms with Gasteiger partial charge in [0, 0.05) is 29.0 Å². The lowest BCUT2D eigenvalue weighted by Gasteiger charge is -2.19. The van der Waals surface area contributed by atoms with Crippen LogP contribution in [-0.4, -0.2) is 30.8 Å². The van der Waals surface area contributed by atoms with Crippen molar-refractivity contribution in [1.82, 2.24) is 9.55 Å². The molecule has 1 atom stereocenters. The van der Waals surface area contributed by atoms with E-state index < -0.39 is 5.09 Å². The summed E-state index contributed by atoms with van der Waals surface area (Å²) < 4.78 is 8.04. The molecule has 0 bridgehead atoms. The highest BCUT2D eigenvalue weighted by Crippen LogP contribution is 2.37. The van der Waals surface area contributed by atoms with Gasteiger partial charge in [-0.1, -0.05) is 48.0 Å². The molecule has 0 aliphatic rings. The van der Waals surface area contributed by atoms with Gasteiger partial charge in [-0.15, -0.1) is 10.1 Å². The zero-order chi connectivity index (χ0) is 19.5. The van der Waals surface area contributed by atoms with E-state index in [4.69, 9.17) is 55.5 Å². The van der Waals surface area contributed by atoms with E-state index in [1.54, 1.807) is 18.6 Å². The smallest absolute Gasteiger partial charge is 0.291 e. The second-order valence-electron chi connectivity index (χ2n) is 4.87. The molecule has 0 saturated heterocycles. The summed E-state index contributed by atoms with van der Waals surface area (Å²) in [6.07, 6.45) is 6.35. The Morgan fingerprint density at radius 3 is 2.77 bits per heavy atom. The van der Waals surface area contributed by atoms with Crippen LogP contribution in [0.5, 0.6) is 0 Å². The molecule has 0 aliphatic carbocycles. The fourth-order valence-corrected chi connectivity index (χ4v) is 3.88. The molecule has 0 aliphatic heterocycles. The lowest BCUT2D eigenvalue weighted by Crippen LogP contribution is -2.09. The Bertz CT molecular complexity index is 713. The van der Waals surface area contributed by atoms with Crippen molar-refractivity contribution >= 4 is 51.6 Å². The third-order valence-corrected chi connectivity index (χ3v) is 4.87. The number of nitrogens with zero attached hydrogens (tertiary/aromatic N) is 3. The zero-order valence-electron chi connectivity index (χ0n) is 13.7. The van der Waals surface area contributed by atoms with Gasteiger partial charge in [-0.05, 0) is 36.3 Å². The van der Waals surface area contributed by atoms with Gasteiger partial charge in [0.15, 0.2) is 0 Å². The third kappa shape index (κ3) is 8.70. The number of hydrogen-bond donors (Lipinski definition) is 1. The van der Waals surface area contributed by atoms with Gasteiger partial charge >= 0.3 is 0 Å². The highest BCUT2D eigenvalue weighted by atomic mass is 35.5. The number of aromatic nitrogens is 2. The maximum Gasteiger partial charge on any atom is 0.291 e. The Balaban J connectivity index is 0.000000765. The summed E-state index contributed by atoms with van der Waals surface area (Å²) in [5.41, 5.74) is 0.979. The van der Waals surface area contributed by atoms with Crippen LogP contribution in [0, 0.1) is 10.1 Å².